The molecule has 1 atom stereocenters. The number of aryl methyl sites for hydroxylation is 1. The van der Waals surface area contributed by atoms with E-state index in [-0.39, 0.29) is 12.4 Å². The van der Waals surface area contributed by atoms with Gasteiger partial charge in [-0.25, -0.2) is 4.98 Å². The van der Waals surface area contributed by atoms with Crippen molar-refractivity contribution >= 4 is 5.97 Å². The van der Waals surface area contributed by atoms with Crippen LogP contribution >= 0.6 is 0 Å². The second-order valence-corrected chi connectivity index (χ2v) is 2.84. The van der Waals surface area contributed by atoms with Gasteiger partial charge in [-0.05, 0) is 6.92 Å². The van der Waals surface area contributed by atoms with Crippen molar-refractivity contribution in [3.05, 3.63) is 17.7 Å². The summed E-state index contributed by atoms with van der Waals surface area (Å²) < 4.78 is 4.49. The lowest BCUT2D eigenvalue weighted by molar-refractivity contribution is -0.141. The van der Waals surface area contributed by atoms with Gasteiger partial charge >= 0.3 is 5.97 Å². The van der Waals surface area contributed by atoms with Crippen molar-refractivity contribution in [1.82, 2.24) is 9.97 Å². The van der Waals surface area contributed by atoms with Crippen LogP contribution in [0.3, 0.4) is 0 Å². The van der Waals surface area contributed by atoms with Crippen LogP contribution in [0, 0.1) is 6.92 Å². The summed E-state index contributed by atoms with van der Waals surface area (Å²) in [5.74, 6) is 0.282. The van der Waals surface area contributed by atoms with Crippen LogP contribution < -0.4 is 5.73 Å². The van der Waals surface area contributed by atoms with E-state index in [9.17, 15) is 4.79 Å². The van der Waals surface area contributed by atoms with Crippen molar-refractivity contribution in [1.29, 1.82) is 0 Å². The van der Waals surface area contributed by atoms with E-state index in [1.807, 2.05) is 6.92 Å². The zero-order valence-corrected chi connectivity index (χ0v) is 7.70. The molecule has 0 radical (unpaired) electrons. The molecule has 0 aromatic carbocycles. The molecule has 0 spiro atoms. The number of nitrogens with two attached hydrogens (primary N) is 1. The Balaban J connectivity index is 2.58. The van der Waals surface area contributed by atoms with Crippen molar-refractivity contribution < 1.29 is 9.53 Å². The van der Waals surface area contributed by atoms with Gasteiger partial charge in [0, 0.05) is 11.9 Å². The number of nitrogens with zero attached hydrogens (tertiary/aromatic N) is 1. The predicted molar refractivity (Wildman–Crippen MR) is 46.9 cm³/mol. The largest absolute Gasteiger partial charge is 0.469 e. The second-order valence-electron chi connectivity index (χ2n) is 2.84. The molecule has 72 valence electrons. The topological polar surface area (TPSA) is 81.0 Å². The molecule has 0 fully saturated rings. The maximum atomic E-state index is 10.9. The third-order valence-corrected chi connectivity index (χ3v) is 1.69. The molecule has 5 heteroatoms. The molecule has 1 aromatic heterocycles. The number of H-pyrrole nitrogens is 1. The fourth-order valence-corrected chi connectivity index (χ4v) is 0.981. The van der Waals surface area contributed by atoms with Gasteiger partial charge in [0.2, 0.25) is 0 Å². The van der Waals surface area contributed by atoms with Crippen LogP contribution in [0.25, 0.3) is 0 Å². The van der Waals surface area contributed by atoms with Gasteiger partial charge in [-0.1, -0.05) is 0 Å². The van der Waals surface area contributed by atoms with Crippen molar-refractivity contribution in [2.75, 3.05) is 7.11 Å². The molecule has 0 aliphatic rings. The van der Waals surface area contributed by atoms with Crippen molar-refractivity contribution in [2.24, 2.45) is 5.73 Å². The summed E-state index contributed by atoms with van der Waals surface area (Å²) in [6.07, 6.45) is 1.82. The van der Waals surface area contributed by atoms with E-state index >= 15 is 0 Å². The lowest BCUT2D eigenvalue weighted by Gasteiger charge is -2.06. The second kappa shape index (κ2) is 4.04. The number of rotatable bonds is 3. The third kappa shape index (κ3) is 2.55. The van der Waals surface area contributed by atoms with Crippen LogP contribution in [0.2, 0.25) is 0 Å². The fraction of sp³-hybridized carbons (Fsp3) is 0.500. The number of nitrogens with one attached hydrogen (secondary N) is 1. The van der Waals surface area contributed by atoms with Gasteiger partial charge in [-0.3, -0.25) is 4.79 Å². The van der Waals surface area contributed by atoms with Gasteiger partial charge in [0.05, 0.1) is 19.6 Å². The Labute approximate surface area is 76.3 Å². The summed E-state index contributed by atoms with van der Waals surface area (Å²) in [7, 11) is 1.34. The summed E-state index contributed by atoms with van der Waals surface area (Å²) in [5.41, 5.74) is 6.62. The van der Waals surface area contributed by atoms with E-state index in [0.717, 1.165) is 5.69 Å². The molecule has 13 heavy (non-hydrogen) atoms. The first-order valence-electron chi connectivity index (χ1n) is 3.97. The number of hydrogen-bond acceptors (Lipinski definition) is 4. The van der Waals surface area contributed by atoms with Crippen LogP contribution in [0.5, 0.6) is 0 Å². The van der Waals surface area contributed by atoms with E-state index in [2.05, 4.69) is 14.7 Å². The summed E-state index contributed by atoms with van der Waals surface area (Å²) in [5, 5.41) is 0. The van der Waals surface area contributed by atoms with Crippen molar-refractivity contribution in [3.8, 4) is 0 Å². The first kappa shape index (κ1) is 9.73. The third-order valence-electron chi connectivity index (χ3n) is 1.69. The van der Waals surface area contributed by atoms with E-state index < -0.39 is 6.04 Å². The van der Waals surface area contributed by atoms with Crippen LogP contribution in [0.1, 0.15) is 24.0 Å². The molecule has 1 heterocycles. The number of hydrogen-bond donors (Lipinski definition) is 2. The van der Waals surface area contributed by atoms with Crippen LogP contribution in [-0.4, -0.2) is 23.0 Å². The highest BCUT2D eigenvalue weighted by Crippen LogP contribution is 2.10. The molecule has 0 saturated carbocycles. The average molecular weight is 183 g/mol. The van der Waals surface area contributed by atoms with E-state index in [0.29, 0.717) is 5.82 Å². The number of methoxy groups -OCH3 is 1. The lowest BCUT2D eigenvalue weighted by Crippen LogP contribution is -2.17. The molecule has 1 aromatic rings. The molecule has 0 unspecified atom stereocenters. The van der Waals surface area contributed by atoms with Crippen molar-refractivity contribution in [2.45, 2.75) is 19.4 Å². The van der Waals surface area contributed by atoms with Crippen molar-refractivity contribution in [3.63, 3.8) is 0 Å². The number of carbonyl (C=O) groups is 1. The highest BCUT2D eigenvalue weighted by Gasteiger charge is 2.13. The highest BCUT2D eigenvalue weighted by molar-refractivity contribution is 5.70. The van der Waals surface area contributed by atoms with E-state index in [1.165, 1.54) is 7.11 Å². The molecule has 0 amide bonds. The minimum absolute atomic E-state index is 0.142. The van der Waals surface area contributed by atoms with E-state index in [4.69, 9.17) is 5.73 Å². The number of aromatic amines is 1. The van der Waals surface area contributed by atoms with Gasteiger partial charge in [-0.15, -0.1) is 0 Å². The zero-order chi connectivity index (χ0) is 9.84. The average Bonchev–Trinajstić information content (AvgIpc) is 2.51. The number of ether oxygens (including phenoxy) is 1. The number of aromatic nitrogens is 2. The van der Waals surface area contributed by atoms with Crippen LogP contribution in [-0.2, 0) is 9.53 Å². The normalized spacial score (nSPS) is 12.5. The van der Waals surface area contributed by atoms with Gasteiger partial charge in [0.15, 0.2) is 0 Å². The molecule has 0 saturated heterocycles. The van der Waals surface area contributed by atoms with E-state index in [1.54, 1.807) is 6.20 Å². The number of carbonyl (C=O) groups excluding carboxylic acids is 1. The Hall–Kier alpha value is -1.36. The Morgan fingerprint density at radius 2 is 2.54 bits per heavy atom. The molecular weight excluding hydrogens is 170 g/mol. The minimum Gasteiger partial charge on any atom is -0.469 e. The molecular formula is C8H13N3O2. The molecule has 3 N–H and O–H groups in total. The first-order valence-corrected chi connectivity index (χ1v) is 3.97. The smallest absolute Gasteiger partial charge is 0.307 e. The van der Waals surface area contributed by atoms with Gasteiger partial charge in [0.25, 0.3) is 0 Å². The molecule has 0 bridgehead atoms. The lowest BCUT2D eigenvalue weighted by atomic mass is 10.2. The quantitative estimate of drug-likeness (QED) is 0.659. The standard InChI is InChI=1S/C8H13N3O2/c1-5-4-10-8(11-5)6(9)3-7(12)13-2/h4,6H,3,9H2,1-2H3,(H,10,11)/t6-/m1/s1. The van der Waals surface area contributed by atoms with Gasteiger partial charge in [-0.2, -0.15) is 0 Å². The summed E-state index contributed by atoms with van der Waals surface area (Å²) in [4.78, 5) is 17.8. The molecule has 1 rings (SSSR count). The minimum atomic E-state index is -0.416. The maximum Gasteiger partial charge on any atom is 0.307 e. The summed E-state index contributed by atoms with van der Waals surface area (Å²) in [6, 6.07) is -0.416. The van der Waals surface area contributed by atoms with Gasteiger partial charge in [0.1, 0.15) is 5.82 Å². The molecule has 0 aliphatic carbocycles. The first-order chi connectivity index (χ1) is 6.13. The summed E-state index contributed by atoms with van der Waals surface area (Å²) in [6.45, 7) is 1.88. The Morgan fingerprint density at radius 1 is 1.85 bits per heavy atom. The van der Waals surface area contributed by atoms with Gasteiger partial charge < -0.3 is 15.5 Å². The number of imidazole rings is 1. The fourth-order valence-electron chi connectivity index (χ4n) is 0.981. The summed E-state index contributed by atoms with van der Waals surface area (Å²) >= 11 is 0. The zero-order valence-electron chi connectivity index (χ0n) is 7.70. The monoisotopic (exact) mass is 183 g/mol. The SMILES string of the molecule is COC(=O)C[C@@H](N)c1ncc(C)[nH]1. The van der Waals surface area contributed by atoms with Crippen LogP contribution in [0.4, 0.5) is 0 Å². The Morgan fingerprint density at radius 3 is 3.00 bits per heavy atom. The predicted octanol–water partition coefficient (Wildman–Crippen LogP) is 0.281. The Kier molecular flexibility index (Phi) is 3.02. The Bertz CT molecular complexity index is 295. The van der Waals surface area contributed by atoms with Crippen LogP contribution in [0.15, 0.2) is 6.20 Å². The molecule has 0 aliphatic heterocycles. The highest BCUT2D eigenvalue weighted by atomic mass is 16.5. The number of esters is 1. The molecule has 5 nitrogen and oxygen atoms in total. The maximum absolute atomic E-state index is 10.9.